The molecular formula is C28H25Cl2N3O3S. The van der Waals surface area contributed by atoms with Crippen molar-refractivity contribution in [1.82, 2.24) is 9.55 Å². The Morgan fingerprint density at radius 2 is 1.73 bits per heavy atom. The lowest BCUT2D eigenvalue weighted by Crippen LogP contribution is -2.22. The van der Waals surface area contributed by atoms with Crippen LogP contribution in [0.2, 0.25) is 10.0 Å². The highest BCUT2D eigenvalue weighted by Crippen LogP contribution is 2.27. The lowest BCUT2D eigenvalue weighted by molar-refractivity contribution is -0.116. The van der Waals surface area contributed by atoms with Gasteiger partial charge in [0.15, 0.2) is 10.9 Å². The number of carbonyl (C=O) groups is 2. The van der Waals surface area contributed by atoms with Crippen LogP contribution in [0.5, 0.6) is 0 Å². The SMILES string of the molecule is CCCCCC(=O)Nc1ccc(C(=O)CSc2nc3ccccc3c(=O)n2-c2ccc(Cl)c(Cl)c2)cc1. The van der Waals surface area contributed by atoms with Crippen molar-refractivity contribution in [3.8, 4) is 5.69 Å². The number of halogens is 2. The number of carbonyl (C=O) groups excluding carboxylic acids is 2. The maximum atomic E-state index is 13.4. The standard InChI is InChI=1S/C28H25Cl2N3O3S/c1-2-3-4-9-26(35)31-19-12-10-18(11-13-19)25(34)17-37-28-32-24-8-6-5-7-21(24)27(36)33(28)20-14-15-22(29)23(30)16-20/h5-8,10-16H,2-4,9,17H2,1H3,(H,31,35). The molecular weight excluding hydrogens is 529 g/mol. The predicted molar refractivity (Wildman–Crippen MR) is 152 cm³/mol. The summed E-state index contributed by atoms with van der Waals surface area (Å²) in [5, 5.41) is 4.36. The summed E-state index contributed by atoms with van der Waals surface area (Å²) in [7, 11) is 0. The zero-order valence-corrected chi connectivity index (χ0v) is 22.5. The van der Waals surface area contributed by atoms with Gasteiger partial charge in [-0.15, -0.1) is 0 Å². The van der Waals surface area contributed by atoms with Crippen LogP contribution < -0.4 is 10.9 Å². The molecule has 1 amide bonds. The van der Waals surface area contributed by atoms with E-state index in [0.717, 1.165) is 19.3 Å². The number of para-hydroxylation sites is 1. The molecule has 0 spiro atoms. The lowest BCUT2D eigenvalue weighted by atomic mass is 10.1. The monoisotopic (exact) mass is 553 g/mol. The summed E-state index contributed by atoms with van der Waals surface area (Å²) >= 11 is 13.5. The van der Waals surface area contributed by atoms with E-state index in [1.54, 1.807) is 60.7 Å². The minimum Gasteiger partial charge on any atom is -0.326 e. The Balaban J connectivity index is 1.54. The fourth-order valence-electron chi connectivity index (χ4n) is 3.77. The highest BCUT2D eigenvalue weighted by molar-refractivity contribution is 7.99. The van der Waals surface area contributed by atoms with E-state index in [9.17, 15) is 14.4 Å². The van der Waals surface area contributed by atoms with Crippen molar-refractivity contribution >= 4 is 63.2 Å². The number of hydrogen-bond donors (Lipinski definition) is 1. The first-order valence-corrected chi connectivity index (χ1v) is 13.6. The first kappa shape index (κ1) is 26.9. The Kier molecular flexibility index (Phi) is 9.03. The number of Topliss-reactive ketones (excluding diaryl/α,β-unsaturated/α-hetero) is 1. The summed E-state index contributed by atoms with van der Waals surface area (Å²) in [6.07, 6.45) is 3.40. The van der Waals surface area contributed by atoms with E-state index in [0.29, 0.717) is 49.5 Å². The quantitative estimate of drug-likeness (QED) is 0.0972. The average Bonchev–Trinajstić information content (AvgIpc) is 2.90. The number of anilines is 1. The summed E-state index contributed by atoms with van der Waals surface area (Å²) in [4.78, 5) is 43.0. The molecule has 0 atom stereocenters. The molecule has 9 heteroatoms. The molecule has 1 aromatic heterocycles. The average molecular weight is 554 g/mol. The predicted octanol–water partition coefficient (Wildman–Crippen LogP) is 7.19. The van der Waals surface area contributed by atoms with Crippen LogP contribution in [-0.2, 0) is 4.79 Å². The maximum absolute atomic E-state index is 13.4. The van der Waals surface area contributed by atoms with Crippen molar-refractivity contribution in [1.29, 1.82) is 0 Å². The first-order chi connectivity index (χ1) is 17.9. The molecule has 1 N–H and O–H groups in total. The minimum atomic E-state index is -0.266. The van der Waals surface area contributed by atoms with Gasteiger partial charge in [0.2, 0.25) is 5.91 Å². The van der Waals surface area contributed by atoms with Gasteiger partial charge >= 0.3 is 0 Å². The Labute approximate surface area is 229 Å². The molecule has 0 unspecified atom stereocenters. The van der Waals surface area contributed by atoms with Gasteiger partial charge in [-0.3, -0.25) is 19.0 Å². The number of hydrogen-bond acceptors (Lipinski definition) is 5. The third-order valence-corrected chi connectivity index (χ3v) is 7.41. The zero-order valence-electron chi connectivity index (χ0n) is 20.2. The van der Waals surface area contributed by atoms with E-state index in [4.69, 9.17) is 23.2 Å². The van der Waals surface area contributed by atoms with Crippen LogP contribution in [0.15, 0.2) is 76.7 Å². The number of aromatic nitrogens is 2. The zero-order chi connectivity index (χ0) is 26.4. The Morgan fingerprint density at radius 3 is 2.46 bits per heavy atom. The number of nitrogens with one attached hydrogen (secondary N) is 1. The van der Waals surface area contributed by atoms with Gasteiger partial charge in [-0.25, -0.2) is 4.98 Å². The molecule has 190 valence electrons. The van der Waals surface area contributed by atoms with Gasteiger partial charge in [-0.1, -0.05) is 66.9 Å². The molecule has 6 nitrogen and oxygen atoms in total. The van der Waals surface area contributed by atoms with E-state index in [1.165, 1.54) is 16.3 Å². The van der Waals surface area contributed by atoms with Crippen molar-refractivity contribution in [3.63, 3.8) is 0 Å². The Hall–Kier alpha value is -3.13. The smallest absolute Gasteiger partial charge is 0.266 e. The van der Waals surface area contributed by atoms with Crippen molar-refractivity contribution in [3.05, 3.63) is 92.7 Å². The van der Waals surface area contributed by atoms with Crippen LogP contribution >= 0.6 is 35.0 Å². The van der Waals surface area contributed by atoms with Gasteiger partial charge in [-0.2, -0.15) is 0 Å². The van der Waals surface area contributed by atoms with Crippen LogP contribution in [0.4, 0.5) is 5.69 Å². The molecule has 4 aromatic rings. The van der Waals surface area contributed by atoms with Gasteiger partial charge < -0.3 is 5.32 Å². The number of ketones is 1. The second-order valence-electron chi connectivity index (χ2n) is 8.44. The molecule has 0 aliphatic heterocycles. The van der Waals surface area contributed by atoms with Crippen LogP contribution in [-0.4, -0.2) is 27.0 Å². The molecule has 0 aliphatic rings. The van der Waals surface area contributed by atoms with Gasteiger partial charge in [-0.05, 0) is 61.0 Å². The largest absolute Gasteiger partial charge is 0.326 e. The number of nitrogens with zero attached hydrogens (tertiary/aromatic N) is 2. The highest BCUT2D eigenvalue weighted by Gasteiger charge is 2.16. The number of benzene rings is 3. The molecule has 3 aromatic carbocycles. The molecule has 0 saturated carbocycles. The van der Waals surface area contributed by atoms with Crippen LogP contribution in [0.1, 0.15) is 43.0 Å². The van der Waals surface area contributed by atoms with E-state index < -0.39 is 0 Å². The summed E-state index contributed by atoms with van der Waals surface area (Å²) < 4.78 is 1.44. The van der Waals surface area contributed by atoms with E-state index >= 15 is 0 Å². The fourth-order valence-corrected chi connectivity index (χ4v) is 4.97. The Morgan fingerprint density at radius 1 is 0.973 bits per heavy atom. The number of rotatable bonds is 10. The molecule has 0 saturated heterocycles. The molecule has 0 aliphatic carbocycles. The molecule has 37 heavy (non-hydrogen) atoms. The van der Waals surface area contributed by atoms with Crippen molar-refractivity contribution in [2.24, 2.45) is 0 Å². The molecule has 1 heterocycles. The van der Waals surface area contributed by atoms with Crippen molar-refractivity contribution in [2.45, 2.75) is 37.8 Å². The van der Waals surface area contributed by atoms with Crippen LogP contribution in [0.3, 0.4) is 0 Å². The number of amides is 1. The molecule has 4 rings (SSSR count). The second kappa shape index (κ2) is 12.4. The summed E-state index contributed by atoms with van der Waals surface area (Å²) in [6, 6.07) is 18.8. The summed E-state index contributed by atoms with van der Waals surface area (Å²) in [5.74, 6) is -0.103. The fraction of sp³-hybridized carbons (Fsp3) is 0.214. The van der Waals surface area contributed by atoms with Crippen LogP contribution in [0, 0.1) is 0 Å². The normalized spacial score (nSPS) is 11.0. The summed E-state index contributed by atoms with van der Waals surface area (Å²) in [6.45, 7) is 2.09. The third-order valence-electron chi connectivity index (χ3n) is 5.74. The maximum Gasteiger partial charge on any atom is 0.266 e. The lowest BCUT2D eigenvalue weighted by Gasteiger charge is -2.14. The van der Waals surface area contributed by atoms with Gasteiger partial charge in [0.25, 0.3) is 5.56 Å². The van der Waals surface area contributed by atoms with Gasteiger partial charge in [0, 0.05) is 17.7 Å². The third kappa shape index (κ3) is 6.60. The minimum absolute atomic E-state index is 0.0364. The van der Waals surface area contributed by atoms with Crippen LogP contribution in [0.25, 0.3) is 16.6 Å². The van der Waals surface area contributed by atoms with Crippen molar-refractivity contribution in [2.75, 3.05) is 11.1 Å². The topological polar surface area (TPSA) is 81.1 Å². The van der Waals surface area contributed by atoms with Crippen molar-refractivity contribution < 1.29 is 9.59 Å². The molecule has 0 bridgehead atoms. The number of fused-ring (bicyclic) bond motifs is 1. The highest BCUT2D eigenvalue weighted by atomic mass is 35.5. The molecule has 0 radical (unpaired) electrons. The number of thioether (sulfide) groups is 1. The van der Waals surface area contributed by atoms with Gasteiger partial charge in [0.1, 0.15) is 0 Å². The van der Waals surface area contributed by atoms with E-state index in [1.807, 2.05) is 6.07 Å². The summed E-state index contributed by atoms with van der Waals surface area (Å²) in [5.41, 5.74) is 1.93. The van der Waals surface area contributed by atoms with Gasteiger partial charge in [0.05, 0.1) is 32.4 Å². The van der Waals surface area contributed by atoms with E-state index in [-0.39, 0.29) is 23.0 Å². The molecule has 0 fully saturated rings. The Bertz CT molecular complexity index is 1500. The van der Waals surface area contributed by atoms with E-state index in [2.05, 4.69) is 17.2 Å². The first-order valence-electron chi connectivity index (χ1n) is 11.9. The second-order valence-corrected chi connectivity index (χ2v) is 10.2. The number of unbranched alkanes of at least 4 members (excludes halogenated alkanes) is 2.